The highest BCUT2D eigenvalue weighted by Crippen LogP contribution is 2.25. The summed E-state index contributed by atoms with van der Waals surface area (Å²) < 4.78 is 7.68. The van der Waals surface area contributed by atoms with Gasteiger partial charge in [0, 0.05) is 29.0 Å². The van der Waals surface area contributed by atoms with E-state index in [9.17, 15) is 4.79 Å². The third-order valence-electron chi connectivity index (χ3n) is 4.59. The van der Waals surface area contributed by atoms with E-state index in [-0.39, 0.29) is 11.9 Å². The number of fused-ring (bicyclic) bond motifs is 1. The Hall–Kier alpha value is -3.34. The molecule has 0 spiro atoms. The van der Waals surface area contributed by atoms with Crippen molar-refractivity contribution in [2.24, 2.45) is 0 Å². The summed E-state index contributed by atoms with van der Waals surface area (Å²) in [6.07, 6.45) is 5.39. The fourth-order valence-electron chi connectivity index (χ4n) is 3.08. The molecule has 2 aromatic carbocycles. The van der Waals surface area contributed by atoms with Crippen LogP contribution in [0.4, 0.5) is 0 Å². The van der Waals surface area contributed by atoms with Gasteiger partial charge >= 0.3 is 0 Å². The zero-order valence-corrected chi connectivity index (χ0v) is 14.6. The first-order valence-electron chi connectivity index (χ1n) is 8.51. The lowest BCUT2D eigenvalue weighted by atomic mass is 10.1. The molecule has 2 aromatic heterocycles. The summed E-state index contributed by atoms with van der Waals surface area (Å²) in [5.41, 5.74) is 3.64. The number of carbonyl (C=O) groups is 1. The number of aryl methyl sites for hydroxylation is 1. The summed E-state index contributed by atoms with van der Waals surface area (Å²) in [5, 5.41) is 3.98. The Labute approximate surface area is 151 Å². The Bertz CT molecular complexity index is 1050. The number of carbonyl (C=O) groups excluding carboxylic acids is 1. The predicted molar refractivity (Wildman–Crippen MR) is 100 cm³/mol. The van der Waals surface area contributed by atoms with E-state index >= 15 is 0 Å². The van der Waals surface area contributed by atoms with E-state index < -0.39 is 0 Å². The molecule has 4 rings (SSSR count). The van der Waals surface area contributed by atoms with Crippen LogP contribution in [0.25, 0.3) is 16.7 Å². The van der Waals surface area contributed by atoms with Crippen molar-refractivity contribution in [2.45, 2.75) is 19.9 Å². The largest absolute Gasteiger partial charge is 0.451 e. The van der Waals surface area contributed by atoms with Crippen molar-refractivity contribution in [2.75, 3.05) is 0 Å². The predicted octanol–water partition coefficient (Wildman–Crippen LogP) is 4.42. The van der Waals surface area contributed by atoms with Gasteiger partial charge in [-0.15, -0.1) is 0 Å². The molecule has 0 fully saturated rings. The number of para-hydroxylation sites is 1. The number of hydrogen-bond acceptors (Lipinski definition) is 3. The van der Waals surface area contributed by atoms with Gasteiger partial charge in [-0.25, -0.2) is 4.98 Å². The van der Waals surface area contributed by atoms with Crippen LogP contribution in [0.2, 0.25) is 0 Å². The van der Waals surface area contributed by atoms with Crippen LogP contribution < -0.4 is 5.32 Å². The first-order valence-corrected chi connectivity index (χ1v) is 8.51. The number of hydrogen-bond donors (Lipinski definition) is 1. The monoisotopic (exact) mass is 345 g/mol. The lowest BCUT2D eigenvalue weighted by Crippen LogP contribution is -2.26. The summed E-state index contributed by atoms with van der Waals surface area (Å²) in [5.74, 6) is 0.165. The summed E-state index contributed by atoms with van der Waals surface area (Å²) in [4.78, 5) is 16.7. The molecule has 1 amide bonds. The minimum atomic E-state index is -0.204. The van der Waals surface area contributed by atoms with Crippen LogP contribution in [-0.2, 0) is 0 Å². The molecule has 2 heterocycles. The van der Waals surface area contributed by atoms with Gasteiger partial charge in [-0.05, 0) is 37.6 Å². The van der Waals surface area contributed by atoms with Gasteiger partial charge in [0.1, 0.15) is 5.58 Å². The molecule has 0 saturated carbocycles. The second kappa shape index (κ2) is 6.52. The fourth-order valence-corrected chi connectivity index (χ4v) is 3.08. The minimum Gasteiger partial charge on any atom is -0.451 e. The van der Waals surface area contributed by atoms with E-state index in [1.54, 1.807) is 12.5 Å². The van der Waals surface area contributed by atoms with Crippen molar-refractivity contribution >= 4 is 16.9 Å². The first-order chi connectivity index (χ1) is 12.6. The maximum atomic E-state index is 12.7. The van der Waals surface area contributed by atoms with Crippen LogP contribution in [0.3, 0.4) is 0 Å². The molecule has 0 aliphatic heterocycles. The molecule has 0 saturated heterocycles. The van der Waals surface area contributed by atoms with Crippen molar-refractivity contribution in [3.63, 3.8) is 0 Å². The summed E-state index contributed by atoms with van der Waals surface area (Å²) in [6, 6.07) is 15.6. The van der Waals surface area contributed by atoms with Crippen LogP contribution >= 0.6 is 0 Å². The third-order valence-corrected chi connectivity index (χ3v) is 4.59. The molecule has 5 heteroatoms. The normalized spacial score (nSPS) is 12.2. The van der Waals surface area contributed by atoms with Crippen molar-refractivity contribution < 1.29 is 9.21 Å². The van der Waals surface area contributed by atoms with Gasteiger partial charge in [0.25, 0.3) is 5.91 Å². The van der Waals surface area contributed by atoms with Gasteiger partial charge in [-0.3, -0.25) is 4.79 Å². The number of furan rings is 1. The average Bonchev–Trinajstić information content (AvgIpc) is 3.31. The number of nitrogens with one attached hydrogen (secondary N) is 1. The van der Waals surface area contributed by atoms with E-state index in [4.69, 9.17) is 4.42 Å². The highest BCUT2D eigenvalue weighted by atomic mass is 16.3. The maximum Gasteiger partial charge on any atom is 0.287 e. The molecule has 0 bridgehead atoms. The molecule has 0 aliphatic rings. The summed E-state index contributed by atoms with van der Waals surface area (Å²) in [6.45, 7) is 3.87. The van der Waals surface area contributed by atoms with Gasteiger partial charge in [0.2, 0.25) is 0 Å². The van der Waals surface area contributed by atoms with Crippen molar-refractivity contribution in [3.05, 3.63) is 84.1 Å². The third kappa shape index (κ3) is 2.88. The Morgan fingerprint density at radius 2 is 1.92 bits per heavy atom. The Morgan fingerprint density at radius 3 is 2.62 bits per heavy atom. The molecule has 1 unspecified atom stereocenters. The van der Waals surface area contributed by atoms with Crippen LogP contribution in [0.1, 0.15) is 34.6 Å². The average molecular weight is 345 g/mol. The molecular weight excluding hydrogens is 326 g/mol. The number of amides is 1. The van der Waals surface area contributed by atoms with E-state index in [0.717, 1.165) is 27.8 Å². The zero-order chi connectivity index (χ0) is 18.1. The van der Waals surface area contributed by atoms with Gasteiger partial charge < -0.3 is 14.3 Å². The molecule has 0 radical (unpaired) electrons. The SMILES string of the molecule is Cc1c(C(=O)NC(C)c2ccc(-n3ccnc3)cc2)oc2ccccc12. The number of imidazole rings is 1. The maximum absolute atomic E-state index is 12.7. The van der Waals surface area contributed by atoms with E-state index in [0.29, 0.717) is 5.76 Å². The number of benzene rings is 2. The number of aromatic nitrogens is 2. The van der Waals surface area contributed by atoms with Crippen molar-refractivity contribution in [3.8, 4) is 5.69 Å². The molecule has 5 nitrogen and oxygen atoms in total. The molecule has 0 aliphatic carbocycles. The fraction of sp³-hybridized carbons (Fsp3) is 0.143. The molecule has 4 aromatic rings. The summed E-state index contributed by atoms with van der Waals surface area (Å²) in [7, 11) is 0. The van der Waals surface area contributed by atoms with Gasteiger partial charge in [-0.2, -0.15) is 0 Å². The Morgan fingerprint density at radius 1 is 1.15 bits per heavy atom. The lowest BCUT2D eigenvalue weighted by molar-refractivity contribution is 0.0913. The van der Waals surface area contributed by atoms with Crippen LogP contribution in [0.5, 0.6) is 0 Å². The van der Waals surface area contributed by atoms with E-state index in [1.807, 2.05) is 73.1 Å². The van der Waals surface area contributed by atoms with Crippen LogP contribution in [0, 0.1) is 6.92 Å². The van der Waals surface area contributed by atoms with Crippen molar-refractivity contribution in [1.82, 2.24) is 14.9 Å². The molecule has 26 heavy (non-hydrogen) atoms. The van der Waals surface area contributed by atoms with Gasteiger partial charge in [0.15, 0.2) is 5.76 Å². The highest BCUT2D eigenvalue weighted by molar-refractivity contribution is 5.99. The van der Waals surface area contributed by atoms with Gasteiger partial charge in [-0.1, -0.05) is 30.3 Å². The second-order valence-corrected chi connectivity index (χ2v) is 6.31. The Balaban J connectivity index is 1.52. The van der Waals surface area contributed by atoms with Crippen LogP contribution in [-0.4, -0.2) is 15.5 Å². The number of rotatable bonds is 4. The highest BCUT2D eigenvalue weighted by Gasteiger charge is 2.19. The lowest BCUT2D eigenvalue weighted by Gasteiger charge is -2.14. The standard InChI is InChI=1S/C21H19N3O2/c1-14-18-5-3-4-6-19(18)26-20(14)21(25)23-15(2)16-7-9-17(10-8-16)24-12-11-22-13-24/h3-13,15H,1-2H3,(H,23,25). The van der Waals surface area contributed by atoms with Crippen LogP contribution in [0.15, 0.2) is 71.7 Å². The van der Waals surface area contributed by atoms with Crippen molar-refractivity contribution in [1.29, 1.82) is 0 Å². The number of nitrogens with zero attached hydrogens (tertiary/aromatic N) is 2. The van der Waals surface area contributed by atoms with E-state index in [2.05, 4.69) is 10.3 Å². The quantitative estimate of drug-likeness (QED) is 0.596. The molecule has 1 N–H and O–H groups in total. The molecular formula is C21H19N3O2. The first kappa shape index (κ1) is 16.1. The van der Waals surface area contributed by atoms with Gasteiger partial charge in [0.05, 0.1) is 12.4 Å². The minimum absolute atomic E-state index is 0.132. The van der Waals surface area contributed by atoms with E-state index in [1.165, 1.54) is 0 Å². The Kier molecular flexibility index (Phi) is 4.05. The topological polar surface area (TPSA) is 60.1 Å². The summed E-state index contributed by atoms with van der Waals surface area (Å²) >= 11 is 0. The molecule has 130 valence electrons. The smallest absolute Gasteiger partial charge is 0.287 e. The second-order valence-electron chi connectivity index (χ2n) is 6.31. The zero-order valence-electron chi connectivity index (χ0n) is 14.6. The molecule has 1 atom stereocenters.